The maximum atomic E-state index is 12.4. The summed E-state index contributed by atoms with van der Waals surface area (Å²) in [5.41, 5.74) is -0.443. The smallest absolute Gasteiger partial charge is 0.416 e. The minimum Gasteiger partial charge on any atom is -0.480 e. The van der Waals surface area contributed by atoms with Crippen molar-refractivity contribution < 1.29 is 32.6 Å². The van der Waals surface area contributed by atoms with Crippen LogP contribution in [0.25, 0.3) is 0 Å². The first-order chi connectivity index (χ1) is 10.2. The summed E-state index contributed by atoms with van der Waals surface area (Å²) >= 11 is 0. The Morgan fingerprint density at radius 1 is 1.27 bits per heavy atom. The van der Waals surface area contributed by atoms with Gasteiger partial charge in [0.15, 0.2) is 0 Å². The maximum Gasteiger partial charge on any atom is 0.416 e. The molecule has 0 radical (unpaired) electrons. The van der Waals surface area contributed by atoms with Crippen molar-refractivity contribution >= 4 is 11.9 Å². The van der Waals surface area contributed by atoms with Gasteiger partial charge in [0, 0.05) is 20.1 Å². The van der Waals surface area contributed by atoms with Gasteiger partial charge in [0.25, 0.3) is 0 Å². The number of hydrogen-bond donors (Lipinski definition) is 2. The number of carbonyl (C=O) groups is 2. The fraction of sp³-hybridized carbons (Fsp3) is 0.429. The molecule has 1 atom stereocenters. The first kappa shape index (κ1) is 18.0. The number of methoxy groups -OCH3 is 1. The average molecular weight is 319 g/mol. The molecule has 2 N–H and O–H groups in total. The predicted octanol–water partition coefficient (Wildman–Crippen LogP) is 1.85. The molecule has 122 valence electrons. The zero-order valence-electron chi connectivity index (χ0n) is 11.8. The van der Waals surface area contributed by atoms with Crippen LogP contribution in [0.15, 0.2) is 24.3 Å². The quantitative estimate of drug-likeness (QED) is 0.804. The van der Waals surface area contributed by atoms with Gasteiger partial charge in [0.05, 0.1) is 12.0 Å². The van der Waals surface area contributed by atoms with E-state index in [0.717, 1.165) is 12.1 Å². The minimum absolute atomic E-state index is 0.102. The highest BCUT2D eigenvalue weighted by atomic mass is 19.4. The number of amides is 1. The van der Waals surface area contributed by atoms with Crippen LogP contribution in [0, 0.1) is 0 Å². The minimum atomic E-state index is -4.44. The number of aliphatic carboxylic acids is 1. The molecule has 0 aromatic heterocycles. The molecule has 1 amide bonds. The molecular formula is C14H16F3NO4. The van der Waals surface area contributed by atoms with Crippen molar-refractivity contribution in [2.75, 3.05) is 13.7 Å². The van der Waals surface area contributed by atoms with Crippen LogP contribution in [-0.2, 0) is 26.9 Å². The van der Waals surface area contributed by atoms with Crippen LogP contribution in [0.1, 0.15) is 17.5 Å². The second-order valence-corrected chi connectivity index (χ2v) is 4.61. The molecule has 1 rings (SSSR count). The lowest BCUT2D eigenvalue weighted by Crippen LogP contribution is -2.42. The van der Waals surface area contributed by atoms with E-state index in [9.17, 15) is 22.8 Å². The van der Waals surface area contributed by atoms with Crippen LogP contribution in [0.3, 0.4) is 0 Å². The second kappa shape index (κ2) is 7.79. The van der Waals surface area contributed by atoms with Gasteiger partial charge in [-0.3, -0.25) is 4.79 Å². The van der Waals surface area contributed by atoms with E-state index in [1.807, 2.05) is 0 Å². The summed E-state index contributed by atoms with van der Waals surface area (Å²) in [6, 6.07) is 3.03. The van der Waals surface area contributed by atoms with Gasteiger partial charge < -0.3 is 15.2 Å². The number of halogens is 3. The summed E-state index contributed by atoms with van der Waals surface area (Å²) in [5.74, 6) is -1.78. The Balaban J connectivity index is 2.62. The Morgan fingerprint density at radius 2 is 1.86 bits per heavy atom. The van der Waals surface area contributed by atoms with Crippen molar-refractivity contribution in [3.05, 3.63) is 35.4 Å². The molecule has 0 heterocycles. The number of ether oxygens (including phenoxy) is 1. The Labute approximate surface area is 125 Å². The van der Waals surface area contributed by atoms with Crippen molar-refractivity contribution in [1.29, 1.82) is 0 Å². The SMILES string of the molecule is COCCC(NC(=O)Cc1ccc(C(F)(F)F)cc1)C(=O)O. The molecule has 0 bridgehead atoms. The third kappa shape index (κ3) is 5.72. The fourth-order valence-corrected chi connectivity index (χ4v) is 1.74. The van der Waals surface area contributed by atoms with Gasteiger partial charge in [-0.25, -0.2) is 4.79 Å². The third-order valence-corrected chi connectivity index (χ3v) is 2.89. The molecule has 5 nitrogen and oxygen atoms in total. The maximum absolute atomic E-state index is 12.4. The molecule has 0 spiro atoms. The fourth-order valence-electron chi connectivity index (χ4n) is 1.74. The zero-order chi connectivity index (χ0) is 16.8. The lowest BCUT2D eigenvalue weighted by Gasteiger charge is -2.14. The zero-order valence-corrected chi connectivity index (χ0v) is 11.8. The van der Waals surface area contributed by atoms with E-state index in [0.29, 0.717) is 5.56 Å². The van der Waals surface area contributed by atoms with Crippen LogP contribution >= 0.6 is 0 Å². The van der Waals surface area contributed by atoms with Gasteiger partial charge in [-0.05, 0) is 17.7 Å². The summed E-state index contributed by atoms with van der Waals surface area (Å²) in [4.78, 5) is 22.7. The van der Waals surface area contributed by atoms with Crippen molar-refractivity contribution in [3.8, 4) is 0 Å². The summed E-state index contributed by atoms with van der Waals surface area (Å²) in [5, 5.41) is 11.2. The Hall–Kier alpha value is -2.09. The topological polar surface area (TPSA) is 75.6 Å². The van der Waals surface area contributed by atoms with E-state index in [-0.39, 0.29) is 19.4 Å². The van der Waals surface area contributed by atoms with E-state index in [4.69, 9.17) is 9.84 Å². The first-order valence-electron chi connectivity index (χ1n) is 6.41. The monoisotopic (exact) mass is 319 g/mol. The molecule has 1 unspecified atom stereocenters. The molecule has 22 heavy (non-hydrogen) atoms. The van der Waals surface area contributed by atoms with Crippen LogP contribution in [-0.4, -0.2) is 36.7 Å². The molecule has 0 saturated heterocycles. The summed E-state index contributed by atoms with van der Waals surface area (Å²) in [6.45, 7) is 0.164. The normalized spacial score (nSPS) is 12.7. The van der Waals surface area contributed by atoms with Gasteiger partial charge in [-0.15, -0.1) is 0 Å². The highest BCUT2D eigenvalue weighted by molar-refractivity contribution is 5.84. The van der Waals surface area contributed by atoms with E-state index in [2.05, 4.69) is 5.32 Å². The van der Waals surface area contributed by atoms with Gasteiger partial charge in [0.2, 0.25) is 5.91 Å². The van der Waals surface area contributed by atoms with Crippen molar-refractivity contribution in [3.63, 3.8) is 0 Å². The lowest BCUT2D eigenvalue weighted by atomic mass is 10.1. The summed E-state index contributed by atoms with van der Waals surface area (Å²) < 4.78 is 42.0. The third-order valence-electron chi connectivity index (χ3n) is 2.89. The molecule has 8 heteroatoms. The standard InChI is InChI=1S/C14H16F3NO4/c1-22-7-6-11(13(20)21)18-12(19)8-9-2-4-10(5-3-9)14(15,16)17/h2-5,11H,6-8H2,1H3,(H,18,19)(H,20,21). The van der Waals surface area contributed by atoms with Gasteiger partial charge in [-0.1, -0.05) is 12.1 Å². The van der Waals surface area contributed by atoms with Gasteiger partial charge in [0.1, 0.15) is 6.04 Å². The molecule has 0 aliphatic carbocycles. The Kier molecular flexibility index (Phi) is 6.36. The first-order valence-corrected chi connectivity index (χ1v) is 6.41. The molecule has 1 aromatic rings. The van der Waals surface area contributed by atoms with E-state index >= 15 is 0 Å². The largest absolute Gasteiger partial charge is 0.480 e. The number of rotatable bonds is 7. The highest BCUT2D eigenvalue weighted by Gasteiger charge is 2.30. The van der Waals surface area contributed by atoms with Crippen LogP contribution in [0.4, 0.5) is 13.2 Å². The number of nitrogens with one attached hydrogen (secondary N) is 1. The predicted molar refractivity (Wildman–Crippen MR) is 71.2 cm³/mol. The second-order valence-electron chi connectivity index (χ2n) is 4.61. The summed E-state index contributed by atoms with van der Waals surface area (Å²) in [6.07, 6.45) is -4.53. The number of carboxylic acids is 1. The van der Waals surface area contributed by atoms with Crippen molar-refractivity contribution in [2.24, 2.45) is 0 Å². The number of benzene rings is 1. The Morgan fingerprint density at radius 3 is 2.32 bits per heavy atom. The van der Waals surface area contributed by atoms with E-state index in [1.165, 1.54) is 19.2 Å². The number of carboxylic acid groups (broad SMARTS) is 1. The molecule has 1 aromatic carbocycles. The molecule has 0 aliphatic rings. The Bertz CT molecular complexity index is 514. The molecule has 0 fully saturated rings. The van der Waals surface area contributed by atoms with Crippen LogP contribution in [0.2, 0.25) is 0 Å². The highest BCUT2D eigenvalue weighted by Crippen LogP contribution is 2.29. The van der Waals surface area contributed by atoms with Crippen molar-refractivity contribution in [1.82, 2.24) is 5.32 Å². The van der Waals surface area contributed by atoms with Crippen molar-refractivity contribution in [2.45, 2.75) is 25.1 Å². The van der Waals surface area contributed by atoms with E-state index in [1.54, 1.807) is 0 Å². The van der Waals surface area contributed by atoms with Gasteiger partial charge >= 0.3 is 12.1 Å². The number of hydrogen-bond acceptors (Lipinski definition) is 3. The summed E-state index contributed by atoms with van der Waals surface area (Å²) in [7, 11) is 1.41. The molecule has 0 saturated carbocycles. The molecule has 0 aliphatic heterocycles. The number of alkyl halides is 3. The number of carbonyl (C=O) groups excluding carboxylic acids is 1. The van der Waals surface area contributed by atoms with Crippen LogP contribution in [0.5, 0.6) is 0 Å². The van der Waals surface area contributed by atoms with Gasteiger partial charge in [-0.2, -0.15) is 13.2 Å². The lowest BCUT2D eigenvalue weighted by molar-refractivity contribution is -0.142. The van der Waals surface area contributed by atoms with E-state index < -0.39 is 29.7 Å². The van der Waals surface area contributed by atoms with Crippen LogP contribution < -0.4 is 5.32 Å². The molecular weight excluding hydrogens is 303 g/mol. The average Bonchev–Trinajstić information content (AvgIpc) is 2.42.